The van der Waals surface area contributed by atoms with Gasteiger partial charge in [-0.25, -0.2) is 0 Å². The first-order valence-corrected chi connectivity index (χ1v) is 8.67. The molecule has 1 unspecified atom stereocenters. The molecule has 1 fully saturated rings. The van der Waals surface area contributed by atoms with E-state index >= 15 is 0 Å². The summed E-state index contributed by atoms with van der Waals surface area (Å²) in [7, 11) is 0. The van der Waals surface area contributed by atoms with Gasteiger partial charge in [-0.15, -0.1) is 12.4 Å². The van der Waals surface area contributed by atoms with Crippen LogP contribution in [0.5, 0.6) is 0 Å². The Kier molecular flexibility index (Phi) is 6.49. The maximum Gasteiger partial charge on any atom is 0.257 e. The summed E-state index contributed by atoms with van der Waals surface area (Å²) in [6.07, 6.45) is 1.94. The van der Waals surface area contributed by atoms with Crippen molar-refractivity contribution in [1.82, 2.24) is 14.7 Å². The Balaban J connectivity index is 0.00000225. The van der Waals surface area contributed by atoms with Crippen LogP contribution < -0.4 is 5.73 Å². The molecule has 0 bridgehead atoms. The molecule has 1 aliphatic rings. The molecule has 1 aliphatic heterocycles. The Morgan fingerprint density at radius 3 is 2.76 bits per heavy atom. The normalized spacial score (nSPS) is 17.3. The first-order chi connectivity index (χ1) is 11.5. The van der Waals surface area contributed by atoms with Crippen molar-refractivity contribution in [3.05, 3.63) is 51.8 Å². The van der Waals surface area contributed by atoms with Crippen LogP contribution in [0.3, 0.4) is 0 Å². The van der Waals surface area contributed by atoms with E-state index in [0.717, 1.165) is 36.3 Å². The monoisotopic (exact) mass is 382 g/mol. The third-order valence-electron chi connectivity index (χ3n) is 4.62. The molecule has 0 spiro atoms. The number of hydrogen-bond acceptors (Lipinski definition) is 3. The van der Waals surface area contributed by atoms with Crippen molar-refractivity contribution in [2.24, 2.45) is 5.73 Å². The molecule has 3 rings (SSSR count). The second-order valence-electron chi connectivity index (χ2n) is 6.45. The summed E-state index contributed by atoms with van der Waals surface area (Å²) in [6, 6.07) is 7.77. The van der Waals surface area contributed by atoms with Crippen LogP contribution in [0.1, 0.15) is 40.2 Å². The number of aromatic nitrogens is 2. The van der Waals surface area contributed by atoms with Crippen LogP contribution in [0.2, 0.25) is 5.02 Å². The van der Waals surface area contributed by atoms with Crippen LogP contribution in [0.4, 0.5) is 0 Å². The summed E-state index contributed by atoms with van der Waals surface area (Å²) < 4.78 is 1.85. The Morgan fingerprint density at radius 2 is 2.08 bits per heavy atom. The molecular weight excluding hydrogens is 359 g/mol. The van der Waals surface area contributed by atoms with Crippen LogP contribution >= 0.6 is 24.0 Å². The minimum atomic E-state index is 0. The Bertz CT molecular complexity index is 760. The number of likely N-dealkylation sites (tertiary alicyclic amines) is 1. The van der Waals surface area contributed by atoms with Gasteiger partial charge in [0.2, 0.25) is 0 Å². The Labute approximate surface area is 159 Å². The van der Waals surface area contributed by atoms with Crippen LogP contribution in [-0.2, 0) is 6.54 Å². The van der Waals surface area contributed by atoms with Crippen molar-refractivity contribution in [3.63, 3.8) is 0 Å². The summed E-state index contributed by atoms with van der Waals surface area (Å²) >= 11 is 6.24. The summed E-state index contributed by atoms with van der Waals surface area (Å²) in [4.78, 5) is 14.8. The fourth-order valence-corrected chi connectivity index (χ4v) is 3.50. The zero-order chi connectivity index (χ0) is 17.3. The van der Waals surface area contributed by atoms with Gasteiger partial charge >= 0.3 is 0 Å². The molecule has 7 heteroatoms. The minimum absolute atomic E-state index is 0. The van der Waals surface area contributed by atoms with Gasteiger partial charge in [0.25, 0.3) is 5.91 Å². The average Bonchev–Trinajstić information content (AvgIpc) is 2.83. The second-order valence-corrected chi connectivity index (χ2v) is 6.86. The maximum atomic E-state index is 12.9. The number of piperidine rings is 1. The molecule has 1 atom stereocenters. The number of hydrogen-bond donors (Lipinski definition) is 1. The topological polar surface area (TPSA) is 64.2 Å². The Morgan fingerprint density at radius 1 is 1.36 bits per heavy atom. The number of carbonyl (C=O) groups excluding carboxylic acids is 1. The van der Waals surface area contributed by atoms with E-state index < -0.39 is 0 Å². The second kappa shape index (κ2) is 8.21. The number of aryl methyl sites for hydroxylation is 1. The number of halogens is 2. The summed E-state index contributed by atoms with van der Waals surface area (Å²) in [5.41, 5.74) is 9.32. The SMILES string of the molecule is Cc1nn(Cc2ccccc2Cl)c(C)c1C(=O)N1CCCC(N)C1.Cl. The number of carbonyl (C=O) groups is 1. The quantitative estimate of drug-likeness (QED) is 0.886. The van der Waals surface area contributed by atoms with Gasteiger partial charge in [0.15, 0.2) is 0 Å². The summed E-state index contributed by atoms with van der Waals surface area (Å²) in [5.74, 6) is 0.0329. The molecule has 1 amide bonds. The van der Waals surface area contributed by atoms with Crippen molar-refractivity contribution >= 4 is 29.9 Å². The number of nitrogens with two attached hydrogens (primary N) is 1. The molecule has 25 heavy (non-hydrogen) atoms. The molecule has 2 heterocycles. The largest absolute Gasteiger partial charge is 0.337 e. The van der Waals surface area contributed by atoms with Gasteiger partial charge in [0.1, 0.15) is 0 Å². The van der Waals surface area contributed by atoms with Gasteiger partial charge in [-0.3, -0.25) is 9.48 Å². The lowest BCUT2D eigenvalue weighted by atomic mass is 10.0. The van der Waals surface area contributed by atoms with Gasteiger partial charge in [-0.2, -0.15) is 5.10 Å². The van der Waals surface area contributed by atoms with E-state index in [-0.39, 0.29) is 24.4 Å². The van der Waals surface area contributed by atoms with E-state index in [0.29, 0.717) is 23.7 Å². The molecule has 2 N–H and O–H groups in total. The van der Waals surface area contributed by atoms with Crippen molar-refractivity contribution in [1.29, 1.82) is 0 Å². The van der Waals surface area contributed by atoms with Gasteiger partial charge in [-0.1, -0.05) is 29.8 Å². The molecule has 136 valence electrons. The maximum absolute atomic E-state index is 12.9. The fraction of sp³-hybridized carbons (Fsp3) is 0.444. The molecule has 1 saturated heterocycles. The zero-order valence-corrected chi connectivity index (χ0v) is 16.1. The van der Waals surface area contributed by atoms with E-state index in [1.54, 1.807) is 0 Å². The highest BCUT2D eigenvalue weighted by molar-refractivity contribution is 6.31. The minimum Gasteiger partial charge on any atom is -0.337 e. The van der Waals surface area contributed by atoms with Crippen molar-refractivity contribution in [2.45, 2.75) is 39.3 Å². The van der Waals surface area contributed by atoms with Gasteiger partial charge in [-0.05, 0) is 38.3 Å². The third-order valence-corrected chi connectivity index (χ3v) is 4.99. The standard InChI is InChI=1S/C18H23ClN4O.ClH/c1-12-17(18(24)22-9-5-7-15(20)11-22)13(2)23(21-12)10-14-6-3-4-8-16(14)19;/h3-4,6,8,15H,5,7,9-11,20H2,1-2H3;1H. The number of amides is 1. The summed E-state index contributed by atoms with van der Waals surface area (Å²) in [5, 5.41) is 5.27. The lowest BCUT2D eigenvalue weighted by Crippen LogP contribution is -2.46. The van der Waals surface area contributed by atoms with Crippen LogP contribution in [0.15, 0.2) is 24.3 Å². The van der Waals surface area contributed by atoms with Crippen LogP contribution in [0, 0.1) is 13.8 Å². The number of nitrogens with zero attached hydrogens (tertiary/aromatic N) is 3. The molecule has 1 aromatic heterocycles. The number of benzene rings is 1. The molecule has 0 radical (unpaired) electrons. The van der Waals surface area contributed by atoms with E-state index in [1.165, 1.54) is 0 Å². The Hall–Kier alpha value is -1.56. The smallest absolute Gasteiger partial charge is 0.257 e. The van der Waals surface area contributed by atoms with E-state index in [2.05, 4.69) is 5.10 Å². The van der Waals surface area contributed by atoms with Gasteiger partial charge in [0, 0.05) is 29.8 Å². The molecule has 0 aliphatic carbocycles. The molecule has 2 aromatic rings. The first-order valence-electron chi connectivity index (χ1n) is 8.29. The van der Waals surface area contributed by atoms with E-state index in [4.69, 9.17) is 17.3 Å². The first kappa shape index (κ1) is 19.8. The molecule has 5 nitrogen and oxygen atoms in total. The fourth-order valence-electron chi connectivity index (χ4n) is 3.30. The van der Waals surface area contributed by atoms with Crippen LogP contribution in [-0.4, -0.2) is 39.7 Å². The lowest BCUT2D eigenvalue weighted by Gasteiger charge is -2.30. The van der Waals surface area contributed by atoms with Crippen molar-refractivity contribution < 1.29 is 4.79 Å². The summed E-state index contributed by atoms with van der Waals surface area (Å²) in [6.45, 7) is 5.76. The van der Waals surface area contributed by atoms with E-state index in [9.17, 15) is 4.79 Å². The predicted octanol–water partition coefficient (Wildman–Crippen LogP) is 3.19. The molecule has 1 aromatic carbocycles. The van der Waals surface area contributed by atoms with E-state index in [1.807, 2.05) is 47.7 Å². The highest BCUT2D eigenvalue weighted by atomic mass is 35.5. The zero-order valence-electron chi connectivity index (χ0n) is 14.5. The highest BCUT2D eigenvalue weighted by Gasteiger charge is 2.27. The van der Waals surface area contributed by atoms with Gasteiger partial charge in [0.05, 0.1) is 17.8 Å². The average molecular weight is 383 g/mol. The highest BCUT2D eigenvalue weighted by Crippen LogP contribution is 2.21. The van der Waals surface area contributed by atoms with Crippen molar-refractivity contribution in [3.8, 4) is 0 Å². The third kappa shape index (κ3) is 4.17. The van der Waals surface area contributed by atoms with Crippen LogP contribution in [0.25, 0.3) is 0 Å². The molecule has 0 saturated carbocycles. The number of rotatable bonds is 3. The van der Waals surface area contributed by atoms with Gasteiger partial charge < -0.3 is 10.6 Å². The predicted molar refractivity (Wildman–Crippen MR) is 103 cm³/mol. The van der Waals surface area contributed by atoms with Crippen molar-refractivity contribution in [2.75, 3.05) is 13.1 Å². The lowest BCUT2D eigenvalue weighted by molar-refractivity contribution is 0.0707. The molecular formula is C18H24Cl2N4O.